The summed E-state index contributed by atoms with van der Waals surface area (Å²) >= 11 is 1.91. The predicted molar refractivity (Wildman–Crippen MR) is 234 cm³/mol. The zero-order chi connectivity index (χ0) is 36.3. The fraction of sp³-hybridized carbons (Fsp3) is 0.0189. The number of benzene rings is 9. The van der Waals surface area contributed by atoms with Crippen LogP contribution in [0.15, 0.2) is 212 Å². The first kappa shape index (κ1) is 31.8. The summed E-state index contributed by atoms with van der Waals surface area (Å²) in [4.78, 5) is 2.41. The normalized spacial score (nSPS) is 14.6. The summed E-state index contributed by atoms with van der Waals surface area (Å²) in [6.45, 7) is 0. The summed E-state index contributed by atoms with van der Waals surface area (Å²) in [5, 5.41) is 5.13. The third kappa shape index (κ3) is 4.92. The van der Waals surface area contributed by atoms with Crippen LogP contribution in [0.2, 0.25) is 0 Å². The van der Waals surface area contributed by atoms with Crippen molar-refractivity contribution >= 4 is 59.3 Å². The van der Waals surface area contributed by atoms with Crippen LogP contribution >= 0.6 is 11.3 Å². The van der Waals surface area contributed by atoms with Gasteiger partial charge in [0.05, 0.1) is 5.41 Å². The average Bonchev–Trinajstić information content (AvgIpc) is 3.77. The Morgan fingerprint density at radius 1 is 0.364 bits per heavy atom. The molecular weight excluding hydrogens is 683 g/mol. The van der Waals surface area contributed by atoms with Crippen LogP contribution in [0, 0.1) is 0 Å². The Bertz CT molecular complexity index is 3020. The van der Waals surface area contributed by atoms with Crippen LogP contribution in [-0.2, 0) is 5.41 Å². The van der Waals surface area contributed by atoms with Crippen LogP contribution in [0.3, 0.4) is 0 Å². The summed E-state index contributed by atoms with van der Waals surface area (Å²) in [7, 11) is 0. The molecule has 11 rings (SSSR count). The number of hydrogen-bond donors (Lipinski definition) is 0. The van der Waals surface area contributed by atoms with E-state index >= 15 is 0 Å². The van der Waals surface area contributed by atoms with Gasteiger partial charge in [-0.1, -0.05) is 158 Å². The van der Waals surface area contributed by atoms with E-state index in [9.17, 15) is 0 Å². The Hall–Kier alpha value is -6.74. The summed E-state index contributed by atoms with van der Waals surface area (Å²) in [5.41, 5.74) is 13.0. The monoisotopic (exact) mass is 717 g/mol. The van der Waals surface area contributed by atoms with Crippen molar-refractivity contribution in [3.05, 3.63) is 235 Å². The Kier molecular flexibility index (Phi) is 7.33. The molecule has 1 aliphatic rings. The lowest BCUT2D eigenvalue weighted by Gasteiger charge is -2.35. The molecule has 1 unspecified atom stereocenters. The summed E-state index contributed by atoms with van der Waals surface area (Å²) in [5.74, 6) is 0. The number of anilines is 3. The van der Waals surface area contributed by atoms with E-state index in [-0.39, 0.29) is 0 Å². The van der Waals surface area contributed by atoms with E-state index in [2.05, 4.69) is 217 Å². The van der Waals surface area contributed by atoms with Crippen molar-refractivity contribution in [2.75, 3.05) is 4.90 Å². The lowest BCUT2D eigenvalue weighted by molar-refractivity contribution is 0.779. The third-order valence-electron chi connectivity index (χ3n) is 11.5. The highest BCUT2D eigenvalue weighted by atomic mass is 32.1. The van der Waals surface area contributed by atoms with Gasteiger partial charge in [0.2, 0.25) is 0 Å². The van der Waals surface area contributed by atoms with Gasteiger partial charge in [-0.05, 0) is 110 Å². The van der Waals surface area contributed by atoms with E-state index in [1.165, 1.54) is 75.5 Å². The molecule has 1 heterocycles. The molecule has 10 aromatic rings. The zero-order valence-electron chi connectivity index (χ0n) is 30.1. The minimum absolute atomic E-state index is 0.578. The lowest BCUT2D eigenvalue weighted by atomic mass is 9.67. The smallest absolute Gasteiger partial charge is 0.0728 e. The Balaban J connectivity index is 1.22. The van der Waals surface area contributed by atoms with E-state index < -0.39 is 5.41 Å². The number of thiophene rings is 1. The van der Waals surface area contributed by atoms with Gasteiger partial charge in [-0.3, -0.25) is 0 Å². The van der Waals surface area contributed by atoms with Gasteiger partial charge >= 0.3 is 0 Å². The quantitative estimate of drug-likeness (QED) is 0.166. The molecular formula is C53H35NS. The van der Waals surface area contributed by atoms with Crippen molar-refractivity contribution in [1.29, 1.82) is 0 Å². The second-order valence-electron chi connectivity index (χ2n) is 14.5. The summed E-state index contributed by atoms with van der Waals surface area (Å²) < 4.78 is 2.65. The maximum absolute atomic E-state index is 2.48. The second-order valence-corrected chi connectivity index (χ2v) is 15.5. The number of fused-ring (bicyclic) bond motifs is 7. The van der Waals surface area contributed by atoms with E-state index in [0.717, 1.165) is 17.1 Å². The third-order valence-corrected chi connectivity index (χ3v) is 12.7. The molecule has 0 fully saturated rings. The van der Waals surface area contributed by atoms with Crippen LogP contribution in [0.4, 0.5) is 17.1 Å². The summed E-state index contributed by atoms with van der Waals surface area (Å²) in [6.07, 6.45) is 0. The highest BCUT2D eigenvalue weighted by Crippen LogP contribution is 2.60. The lowest BCUT2D eigenvalue weighted by Crippen LogP contribution is -2.29. The summed E-state index contributed by atoms with van der Waals surface area (Å²) in [6, 6.07) is 78.3. The molecule has 55 heavy (non-hydrogen) atoms. The molecule has 0 spiro atoms. The van der Waals surface area contributed by atoms with Crippen LogP contribution in [0.25, 0.3) is 53.2 Å². The SMILES string of the molecule is c1ccc(-c2ccc(N(c3ccccc3)c3ccc4c(c3)C(c3ccccc3)(c3cccc5c3sc3ccccc35)c3cc5ccccc5cc3-4)cc2)cc1. The first-order chi connectivity index (χ1) is 27.3. The van der Waals surface area contributed by atoms with E-state index in [1.54, 1.807) is 0 Å². The van der Waals surface area contributed by atoms with Crippen molar-refractivity contribution in [3.63, 3.8) is 0 Å². The first-order valence-corrected chi connectivity index (χ1v) is 19.7. The highest BCUT2D eigenvalue weighted by molar-refractivity contribution is 7.26. The molecule has 2 heteroatoms. The fourth-order valence-electron chi connectivity index (χ4n) is 9.08. The van der Waals surface area contributed by atoms with Crippen LogP contribution in [-0.4, -0.2) is 0 Å². The molecule has 0 saturated carbocycles. The van der Waals surface area contributed by atoms with Crippen LogP contribution in [0.1, 0.15) is 22.3 Å². The van der Waals surface area contributed by atoms with Crippen LogP contribution < -0.4 is 4.90 Å². The molecule has 1 aliphatic carbocycles. The Morgan fingerprint density at radius 2 is 0.945 bits per heavy atom. The van der Waals surface area contributed by atoms with Crippen molar-refractivity contribution in [2.24, 2.45) is 0 Å². The van der Waals surface area contributed by atoms with E-state index in [1.807, 2.05) is 11.3 Å². The van der Waals surface area contributed by atoms with Gasteiger partial charge in [-0.2, -0.15) is 0 Å². The molecule has 1 nitrogen and oxygen atoms in total. The molecule has 1 aromatic heterocycles. The molecule has 0 amide bonds. The maximum atomic E-state index is 2.48. The van der Waals surface area contributed by atoms with Gasteiger partial charge in [0.15, 0.2) is 0 Å². The van der Waals surface area contributed by atoms with Gasteiger partial charge < -0.3 is 4.90 Å². The molecule has 0 bridgehead atoms. The number of para-hydroxylation sites is 1. The van der Waals surface area contributed by atoms with Crippen LogP contribution in [0.5, 0.6) is 0 Å². The van der Waals surface area contributed by atoms with Crippen molar-refractivity contribution in [2.45, 2.75) is 5.41 Å². The molecule has 258 valence electrons. The van der Waals surface area contributed by atoms with E-state index in [4.69, 9.17) is 0 Å². The van der Waals surface area contributed by atoms with Crippen molar-refractivity contribution < 1.29 is 0 Å². The largest absolute Gasteiger partial charge is 0.310 e. The minimum atomic E-state index is -0.578. The maximum Gasteiger partial charge on any atom is 0.0728 e. The Labute approximate surface area is 325 Å². The zero-order valence-corrected chi connectivity index (χ0v) is 30.9. The van der Waals surface area contributed by atoms with Gasteiger partial charge in [0.25, 0.3) is 0 Å². The number of nitrogens with zero attached hydrogens (tertiary/aromatic N) is 1. The van der Waals surface area contributed by atoms with Crippen molar-refractivity contribution in [1.82, 2.24) is 0 Å². The average molecular weight is 718 g/mol. The van der Waals surface area contributed by atoms with Gasteiger partial charge in [-0.15, -0.1) is 11.3 Å². The first-order valence-electron chi connectivity index (χ1n) is 18.9. The van der Waals surface area contributed by atoms with Gasteiger partial charge in [0.1, 0.15) is 0 Å². The second kappa shape index (κ2) is 12.7. The minimum Gasteiger partial charge on any atom is -0.310 e. The standard InChI is InChI=1S/C53H35NS/c1-4-15-36(16-5-1)37-27-29-42(30-28-37)54(41-21-8-3-9-22-41)43-31-32-44-47-33-38-17-10-11-18-39(38)34-49(47)53(50(44)35-43,40-19-6-2-7-20-40)48-25-14-24-46-45-23-12-13-26-51(45)55-52(46)48/h1-35H. The topological polar surface area (TPSA) is 3.24 Å². The molecule has 0 saturated heterocycles. The number of rotatable bonds is 6. The van der Waals surface area contributed by atoms with Crippen molar-refractivity contribution in [3.8, 4) is 22.3 Å². The molecule has 0 aliphatic heterocycles. The van der Waals surface area contributed by atoms with Gasteiger partial charge in [-0.25, -0.2) is 0 Å². The fourth-order valence-corrected chi connectivity index (χ4v) is 10.4. The predicted octanol–water partition coefficient (Wildman–Crippen LogP) is 14.7. The molecule has 0 N–H and O–H groups in total. The molecule has 9 aromatic carbocycles. The number of hydrogen-bond acceptors (Lipinski definition) is 2. The molecule has 0 radical (unpaired) electrons. The molecule has 1 atom stereocenters. The highest BCUT2D eigenvalue weighted by Gasteiger charge is 2.48. The Morgan fingerprint density at radius 3 is 1.73 bits per heavy atom. The van der Waals surface area contributed by atoms with Gasteiger partial charge in [0, 0.05) is 37.2 Å². The van der Waals surface area contributed by atoms with E-state index in [0.29, 0.717) is 0 Å².